The molecule has 3 aliphatic rings. The summed E-state index contributed by atoms with van der Waals surface area (Å²) >= 11 is 0. The number of fused-ring (bicyclic) bond motifs is 3. The monoisotopic (exact) mass is 450 g/mol. The molecule has 3 aromatic rings. The zero-order valence-corrected chi connectivity index (χ0v) is 19.8. The van der Waals surface area contributed by atoms with Crippen LogP contribution in [0.2, 0.25) is 0 Å². The Labute approximate surface area is 193 Å². The molecule has 0 amide bonds. The predicted molar refractivity (Wildman–Crippen MR) is 126 cm³/mol. The second-order valence-electron chi connectivity index (χ2n) is 10.2. The van der Waals surface area contributed by atoms with Gasteiger partial charge >= 0.3 is 0 Å². The van der Waals surface area contributed by atoms with Crippen molar-refractivity contribution in [1.82, 2.24) is 24.6 Å². The van der Waals surface area contributed by atoms with Gasteiger partial charge in [0.05, 0.1) is 35.0 Å². The molecule has 6 rings (SSSR count). The van der Waals surface area contributed by atoms with Crippen molar-refractivity contribution in [2.24, 2.45) is 5.41 Å². The molecule has 0 unspecified atom stereocenters. The number of hydrogen-bond donors (Lipinski definition) is 1. The van der Waals surface area contributed by atoms with Gasteiger partial charge in [-0.05, 0) is 58.0 Å². The number of benzene rings is 1. The number of aromatic hydroxyl groups is 1. The van der Waals surface area contributed by atoms with E-state index in [1.54, 1.807) is 12.4 Å². The number of nitrogens with zero attached hydrogens (tertiary/aromatic N) is 6. The lowest BCUT2D eigenvalue weighted by Gasteiger charge is -2.63. The molecule has 4 atom stereocenters. The normalized spacial score (nSPS) is 29.4. The Kier molecular flexibility index (Phi) is 4.97. The van der Waals surface area contributed by atoms with Crippen molar-refractivity contribution in [3.05, 3.63) is 48.5 Å². The summed E-state index contributed by atoms with van der Waals surface area (Å²) in [7, 11) is 3.94. The van der Waals surface area contributed by atoms with Gasteiger partial charge in [-0.2, -0.15) is 0 Å². The van der Waals surface area contributed by atoms with Crippen LogP contribution in [-0.4, -0.2) is 68.1 Å². The highest BCUT2D eigenvalue weighted by Crippen LogP contribution is 2.52. The molecule has 8 heteroatoms. The van der Waals surface area contributed by atoms with E-state index in [1.165, 1.54) is 0 Å². The van der Waals surface area contributed by atoms with Gasteiger partial charge in [-0.25, -0.2) is 9.37 Å². The minimum absolute atomic E-state index is 0.117. The maximum Gasteiger partial charge on any atom is 0.151 e. The number of anilines is 1. The topological polar surface area (TPSA) is 70.3 Å². The van der Waals surface area contributed by atoms with E-state index in [0.717, 1.165) is 30.8 Å². The smallest absolute Gasteiger partial charge is 0.151 e. The molecule has 1 aliphatic carbocycles. The summed E-state index contributed by atoms with van der Waals surface area (Å²) in [5.41, 5.74) is 2.28. The van der Waals surface area contributed by atoms with Gasteiger partial charge < -0.3 is 14.6 Å². The lowest BCUT2D eigenvalue weighted by molar-refractivity contribution is -0.123. The van der Waals surface area contributed by atoms with Crippen molar-refractivity contribution in [3.63, 3.8) is 0 Å². The van der Waals surface area contributed by atoms with Crippen molar-refractivity contribution in [3.8, 4) is 22.7 Å². The number of hydrogen-bond acceptors (Lipinski definition) is 6. The highest BCUT2D eigenvalue weighted by molar-refractivity contribution is 5.69. The third-order valence-electron chi connectivity index (χ3n) is 7.95. The number of alkyl halides is 1. The molecule has 2 bridgehead atoms. The predicted octanol–water partition coefficient (Wildman–Crippen LogP) is 3.99. The molecule has 1 N–H and O–H groups in total. The maximum atomic E-state index is 15.8. The average molecular weight is 451 g/mol. The molecule has 2 saturated heterocycles. The molecule has 0 spiro atoms. The number of aromatic nitrogens is 4. The molecule has 33 heavy (non-hydrogen) atoms. The van der Waals surface area contributed by atoms with Gasteiger partial charge in [0.25, 0.3) is 0 Å². The van der Waals surface area contributed by atoms with Crippen molar-refractivity contribution in [2.45, 2.75) is 51.4 Å². The van der Waals surface area contributed by atoms with Gasteiger partial charge in [0, 0.05) is 36.8 Å². The highest BCUT2D eigenvalue weighted by Gasteiger charge is 2.61. The standard InChI is InChI=1S/C25H31FN6O/c1-16-13-32(15-27-16)17-6-7-18(20(33)12-17)19-8-9-21(29-28-19)31(5)23-22(26)25(3)11-10-24(23,2)14-30(25)4/h6-9,12-13,15,22-23,33H,10-11,14H2,1-5H3/t22-,23-,24+,25+/m1/s1. The van der Waals surface area contributed by atoms with Gasteiger partial charge in [0.15, 0.2) is 5.82 Å². The second kappa shape index (κ2) is 7.52. The van der Waals surface area contributed by atoms with Gasteiger partial charge in [-0.3, -0.25) is 4.90 Å². The Balaban J connectivity index is 1.40. The third kappa shape index (κ3) is 3.39. The summed E-state index contributed by atoms with van der Waals surface area (Å²) in [6.45, 7) is 6.99. The first kappa shape index (κ1) is 21.8. The van der Waals surface area contributed by atoms with Gasteiger partial charge in [-0.1, -0.05) is 6.92 Å². The van der Waals surface area contributed by atoms with Crippen molar-refractivity contribution >= 4 is 5.82 Å². The summed E-state index contributed by atoms with van der Waals surface area (Å²) in [5.74, 6) is 0.752. The van der Waals surface area contributed by atoms with Crippen LogP contribution in [0.15, 0.2) is 42.9 Å². The van der Waals surface area contributed by atoms with E-state index >= 15 is 4.39 Å². The van der Waals surface area contributed by atoms with Crippen LogP contribution in [0.4, 0.5) is 10.2 Å². The number of halogens is 1. The Morgan fingerprint density at radius 3 is 2.55 bits per heavy atom. The lowest BCUT2D eigenvalue weighted by atomic mass is 9.59. The van der Waals surface area contributed by atoms with Crippen molar-refractivity contribution in [2.75, 3.05) is 25.5 Å². The van der Waals surface area contributed by atoms with Gasteiger partial charge in [-0.15, -0.1) is 10.2 Å². The van der Waals surface area contributed by atoms with E-state index in [1.807, 2.05) is 67.9 Å². The van der Waals surface area contributed by atoms with Crippen LogP contribution >= 0.6 is 0 Å². The molecule has 3 fully saturated rings. The quantitative estimate of drug-likeness (QED) is 0.648. The number of rotatable bonds is 4. The van der Waals surface area contributed by atoms with Gasteiger partial charge in [0.1, 0.15) is 11.9 Å². The first-order chi connectivity index (χ1) is 15.6. The average Bonchev–Trinajstić information content (AvgIpc) is 3.22. The molecular weight excluding hydrogens is 419 g/mol. The van der Waals surface area contributed by atoms with Gasteiger partial charge in [0.2, 0.25) is 0 Å². The fraction of sp³-hybridized carbons (Fsp3) is 0.480. The Hall–Kier alpha value is -3.00. The Bertz CT molecular complexity index is 1180. The SMILES string of the molecule is Cc1cn(-c2ccc(-c3ccc(N(C)[C@@H]4[C@@H](F)[C@]5(C)CC[C@@]4(C)CN5C)nn3)c(O)c2)cn1. The number of aryl methyl sites for hydroxylation is 1. The zero-order valence-electron chi connectivity index (χ0n) is 19.8. The minimum Gasteiger partial charge on any atom is -0.507 e. The van der Waals surface area contributed by atoms with E-state index in [9.17, 15) is 5.11 Å². The molecule has 0 radical (unpaired) electrons. The highest BCUT2D eigenvalue weighted by atomic mass is 19.1. The molecule has 4 heterocycles. The Morgan fingerprint density at radius 2 is 1.94 bits per heavy atom. The first-order valence-electron chi connectivity index (χ1n) is 11.4. The molecule has 1 saturated carbocycles. The summed E-state index contributed by atoms with van der Waals surface area (Å²) in [6, 6.07) is 8.84. The fourth-order valence-corrected chi connectivity index (χ4v) is 5.74. The van der Waals surface area contributed by atoms with Crippen LogP contribution < -0.4 is 4.90 Å². The number of piperidine rings is 2. The van der Waals surface area contributed by atoms with Crippen LogP contribution in [0.3, 0.4) is 0 Å². The molecule has 2 aliphatic heterocycles. The van der Waals surface area contributed by atoms with Crippen LogP contribution in [-0.2, 0) is 0 Å². The third-order valence-corrected chi connectivity index (χ3v) is 7.95. The molecule has 7 nitrogen and oxygen atoms in total. The van der Waals surface area contributed by atoms with E-state index in [0.29, 0.717) is 17.1 Å². The van der Waals surface area contributed by atoms with Crippen LogP contribution in [0.1, 0.15) is 32.4 Å². The van der Waals surface area contributed by atoms with Crippen LogP contribution in [0.25, 0.3) is 16.9 Å². The van der Waals surface area contributed by atoms with E-state index in [2.05, 4.69) is 27.0 Å². The first-order valence-corrected chi connectivity index (χ1v) is 11.4. The fourth-order valence-electron chi connectivity index (χ4n) is 5.74. The summed E-state index contributed by atoms with van der Waals surface area (Å²) in [6.07, 6.45) is 4.48. The van der Waals surface area contributed by atoms with Crippen LogP contribution in [0.5, 0.6) is 5.75 Å². The van der Waals surface area contributed by atoms with Crippen LogP contribution in [0, 0.1) is 12.3 Å². The van der Waals surface area contributed by atoms with E-state index < -0.39 is 11.7 Å². The largest absolute Gasteiger partial charge is 0.507 e. The molecule has 174 valence electrons. The molecule has 1 aromatic carbocycles. The molecular formula is C25H31FN6O. The van der Waals surface area contributed by atoms with Crippen molar-refractivity contribution < 1.29 is 9.50 Å². The lowest BCUT2D eigenvalue weighted by Crippen LogP contribution is -2.74. The summed E-state index contributed by atoms with van der Waals surface area (Å²) in [4.78, 5) is 8.36. The zero-order chi connectivity index (χ0) is 23.5. The molecule has 2 aromatic heterocycles. The number of phenols is 1. The number of phenolic OH excluding ortho intramolecular Hbond substituents is 1. The van der Waals surface area contributed by atoms with E-state index in [4.69, 9.17) is 0 Å². The minimum atomic E-state index is -0.982. The summed E-state index contributed by atoms with van der Waals surface area (Å²) in [5, 5.41) is 19.4. The second-order valence-corrected chi connectivity index (χ2v) is 10.2. The Morgan fingerprint density at radius 1 is 1.15 bits per heavy atom. The maximum absolute atomic E-state index is 15.8. The van der Waals surface area contributed by atoms with Crippen molar-refractivity contribution in [1.29, 1.82) is 0 Å². The van der Waals surface area contributed by atoms with E-state index in [-0.39, 0.29) is 17.2 Å². The number of imidazole rings is 1. The summed E-state index contributed by atoms with van der Waals surface area (Å²) < 4.78 is 17.6.